The molecule has 1 aliphatic heterocycles. The van der Waals surface area contributed by atoms with Crippen LogP contribution in [-0.2, 0) is 14.3 Å². The van der Waals surface area contributed by atoms with Crippen LogP contribution >= 0.6 is 0 Å². The molecule has 0 aromatic carbocycles. The van der Waals surface area contributed by atoms with Crippen LogP contribution in [0.3, 0.4) is 0 Å². The molecule has 3 heteroatoms. The molecule has 1 unspecified atom stereocenters. The number of ether oxygens (including phenoxy) is 1. The molecule has 0 aromatic rings. The Bertz CT molecular complexity index is 279. The minimum absolute atomic E-state index is 0.210. The van der Waals surface area contributed by atoms with Crippen molar-refractivity contribution in [2.75, 3.05) is 0 Å². The lowest BCUT2D eigenvalue weighted by Gasteiger charge is -2.02. The molecular weight excluding hydrogens is 204 g/mol. The van der Waals surface area contributed by atoms with Crippen molar-refractivity contribution in [2.24, 2.45) is 11.8 Å². The second-order valence-corrected chi connectivity index (χ2v) is 4.71. The van der Waals surface area contributed by atoms with E-state index < -0.39 is 11.9 Å². The molecule has 0 aliphatic carbocycles. The summed E-state index contributed by atoms with van der Waals surface area (Å²) in [5, 5.41) is 0. The number of rotatable bonds is 6. The van der Waals surface area contributed by atoms with E-state index in [9.17, 15) is 9.59 Å². The quantitative estimate of drug-likeness (QED) is 0.301. The number of unbranched alkanes of at least 4 members (excludes halogenated alkanes) is 2. The zero-order valence-electron chi connectivity index (χ0n) is 10.1. The molecule has 3 nitrogen and oxygen atoms in total. The summed E-state index contributed by atoms with van der Waals surface area (Å²) < 4.78 is 4.45. The molecule has 0 aromatic heterocycles. The van der Waals surface area contributed by atoms with Gasteiger partial charge in [-0.25, -0.2) is 0 Å². The molecule has 0 amide bonds. The maximum absolute atomic E-state index is 11.1. The van der Waals surface area contributed by atoms with Crippen LogP contribution in [0.15, 0.2) is 12.2 Å². The van der Waals surface area contributed by atoms with Crippen molar-refractivity contribution in [1.82, 2.24) is 0 Å². The van der Waals surface area contributed by atoms with Crippen molar-refractivity contribution in [3.05, 3.63) is 12.2 Å². The van der Waals surface area contributed by atoms with E-state index in [1.165, 1.54) is 12.8 Å². The van der Waals surface area contributed by atoms with Crippen LogP contribution < -0.4 is 0 Å². The summed E-state index contributed by atoms with van der Waals surface area (Å²) in [7, 11) is 0. The molecule has 90 valence electrons. The number of carbonyl (C=O) groups excluding carboxylic acids is 2. The van der Waals surface area contributed by atoms with Gasteiger partial charge < -0.3 is 4.74 Å². The van der Waals surface area contributed by atoms with Crippen molar-refractivity contribution >= 4 is 11.9 Å². The van der Waals surface area contributed by atoms with Crippen LogP contribution in [0.25, 0.3) is 0 Å². The van der Waals surface area contributed by atoms with Crippen LogP contribution in [0.2, 0.25) is 0 Å². The summed E-state index contributed by atoms with van der Waals surface area (Å²) in [6.45, 7) is 4.44. The molecule has 1 saturated heterocycles. The Morgan fingerprint density at radius 1 is 1.38 bits per heavy atom. The lowest BCUT2D eigenvalue weighted by atomic mass is 10.0. The zero-order valence-corrected chi connectivity index (χ0v) is 10.1. The van der Waals surface area contributed by atoms with Gasteiger partial charge in [0, 0.05) is 0 Å². The van der Waals surface area contributed by atoms with Gasteiger partial charge in [0.2, 0.25) is 0 Å². The Kier molecular flexibility index (Phi) is 5.23. The topological polar surface area (TPSA) is 43.4 Å². The van der Waals surface area contributed by atoms with Crippen LogP contribution in [0.4, 0.5) is 0 Å². The van der Waals surface area contributed by atoms with Crippen LogP contribution in [-0.4, -0.2) is 11.9 Å². The number of hydrogen-bond acceptors (Lipinski definition) is 3. The Labute approximate surface area is 96.9 Å². The molecule has 1 atom stereocenters. The van der Waals surface area contributed by atoms with E-state index >= 15 is 0 Å². The van der Waals surface area contributed by atoms with Gasteiger partial charge in [-0.05, 0) is 18.8 Å². The van der Waals surface area contributed by atoms with E-state index in [0.717, 1.165) is 18.8 Å². The van der Waals surface area contributed by atoms with Crippen LogP contribution in [0.5, 0.6) is 0 Å². The second-order valence-electron chi connectivity index (χ2n) is 4.71. The van der Waals surface area contributed by atoms with E-state index in [2.05, 4.69) is 18.6 Å². The van der Waals surface area contributed by atoms with E-state index in [0.29, 0.717) is 0 Å². The molecule has 0 bridgehead atoms. The van der Waals surface area contributed by atoms with Gasteiger partial charge in [0.15, 0.2) is 0 Å². The summed E-state index contributed by atoms with van der Waals surface area (Å²) in [5.41, 5.74) is 0. The molecule has 16 heavy (non-hydrogen) atoms. The molecule has 1 fully saturated rings. The Hall–Kier alpha value is -1.12. The average Bonchev–Trinajstić information content (AvgIpc) is 2.50. The Morgan fingerprint density at radius 2 is 2.12 bits per heavy atom. The first kappa shape index (κ1) is 12.9. The van der Waals surface area contributed by atoms with Crippen molar-refractivity contribution < 1.29 is 14.3 Å². The van der Waals surface area contributed by atoms with E-state index in [1.54, 1.807) is 0 Å². The molecule has 1 heterocycles. The number of hydrogen-bond donors (Lipinski definition) is 0. The predicted octanol–water partition coefficient (Wildman–Crippen LogP) is 2.85. The lowest BCUT2D eigenvalue weighted by Crippen LogP contribution is -2.03. The molecule has 1 aliphatic rings. The van der Waals surface area contributed by atoms with Gasteiger partial charge in [-0.1, -0.05) is 38.8 Å². The fourth-order valence-corrected chi connectivity index (χ4v) is 1.71. The van der Waals surface area contributed by atoms with Gasteiger partial charge in [0.05, 0.1) is 12.3 Å². The normalized spacial score (nSPS) is 21.1. The third-order valence-electron chi connectivity index (χ3n) is 2.67. The van der Waals surface area contributed by atoms with Gasteiger partial charge >= 0.3 is 11.9 Å². The molecule has 0 radical (unpaired) electrons. The first-order valence-electron chi connectivity index (χ1n) is 6.00. The van der Waals surface area contributed by atoms with Gasteiger partial charge in [-0.3, -0.25) is 9.59 Å². The number of allylic oxidation sites excluding steroid dienone is 1. The number of carbonyl (C=O) groups is 2. The third kappa shape index (κ3) is 4.60. The average molecular weight is 224 g/mol. The number of esters is 2. The van der Waals surface area contributed by atoms with E-state index in [1.807, 2.05) is 12.2 Å². The molecule has 0 spiro atoms. The largest absolute Gasteiger partial charge is 0.393 e. The minimum Gasteiger partial charge on any atom is -0.393 e. The maximum atomic E-state index is 11.1. The molecule has 0 N–H and O–H groups in total. The smallest absolute Gasteiger partial charge is 0.321 e. The Morgan fingerprint density at radius 3 is 2.69 bits per heavy atom. The molecular formula is C13H20O3. The summed E-state index contributed by atoms with van der Waals surface area (Å²) in [4.78, 5) is 21.9. The fraction of sp³-hybridized carbons (Fsp3) is 0.692. The monoisotopic (exact) mass is 224 g/mol. The maximum Gasteiger partial charge on any atom is 0.321 e. The highest BCUT2D eigenvalue weighted by molar-refractivity contribution is 5.95. The lowest BCUT2D eigenvalue weighted by molar-refractivity contribution is -0.152. The summed E-state index contributed by atoms with van der Waals surface area (Å²) in [5.74, 6) is -0.383. The van der Waals surface area contributed by atoms with Gasteiger partial charge in [-0.2, -0.15) is 0 Å². The summed E-state index contributed by atoms with van der Waals surface area (Å²) >= 11 is 0. The van der Waals surface area contributed by atoms with E-state index in [4.69, 9.17) is 0 Å². The van der Waals surface area contributed by atoms with Crippen molar-refractivity contribution in [1.29, 1.82) is 0 Å². The molecule has 0 saturated carbocycles. The predicted molar refractivity (Wildman–Crippen MR) is 61.7 cm³/mol. The van der Waals surface area contributed by atoms with Gasteiger partial charge in [-0.15, -0.1) is 0 Å². The highest BCUT2D eigenvalue weighted by atomic mass is 16.6. The SMILES string of the molecule is CC(C)CCCC/C=C/C1CC(=O)OC1=O. The summed E-state index contributed by atoms with van der Waals surface area (Å²) in [6, 6.07) is 0. The van der Waals surface area contributed by atoms with Crippen LogP contribution in [0, 0.1) is 11.8 Å². The Balaban J connectivity index is 2.13. The minimum atomic E-state index is -0.403. The van der Waals surface area contributed by atoms with Crippen LogP contribution in [0.1, 0.15) is 46.0 Å². The highest BCUT2D eigenvalue weighted by Gasteiger charge is 2.30. The highest BCUT2D eigenvalue weighted by Crippen LogP contribution is 2.17. The standard InChI is InChI=1S/C13H20O3/c1-10(2)7-5-3-4-6-8-11-9-12(14)16-13(11)15/h6,8,10-11H,3-5,7,9H2,1-2H3/b8-6+. The van der Waals surface area contributed by atoms with Gasteiger partial charge in [0.25, 0.3) is 0 Å². The molecule has 1 rings (SSSR count). The van der Waals surface area contributed by atoms with Crippen molar-refractivity contribution in [3.63, 3.8) is 0 Å². The van der Waals surface area contributed by atoms with Gasteiger partial charge in [0.1, 0.15) is 0 Å². The summed E-state index contributed by atoms with van der Waals surface area (Å²) in [6.07, 6.45) is 8.59. The number of cyclic esters (lactones) is 2. The zero-order chi connectivity index (χ0) is 12.0. The van der Waals surface area contributed by atoms with Crippen molar-refractivity contribution in [3.8, 4) is 0 Å². The first-order valence-corrected chi connectivity index (χ1v) is 6.00. The van der Waals surface area contributed by atoms with Crippen molar-refractivity contribution in [2.45, 2.75) is 46.0 Å². The third-order valence-corrected chi connectivity index (χ3v) is 2.67. The van der Waals surface area contributed by atoms with E-state index in [-0.39, 0.29) is 12.3 Å². The first-order chi connectivity index (χ1) is 7.59. The second kappa shape index (κ2) is 6.46. The fourth-order valence-electron chi connectivity index (χ4n) is 1.71.